The molecule has 0 atom stereocenters. The highest BCUT2D eigenvalue weighted by atomic mass is 16.2. The molecule has 4 nitrogen and oxygen atoms in total. The fourth-order valence-electron chi connectivity index (χ4n) is 1.82. The Balaban J connectivity index is 2.12. The molecule has 102 valence electrons. The average molecular weight is 267 g/mol. The van der Waals surface area contributed by atoms with Crippen molar-refractivity contribution in [3.05, 3.63) is 66.0 Å². The van der Waals surface area contributed by atoms with Gasteiger partial charge < -0.3 is 0 Å². The summed E-state index contributed by atoms with van der Waals surface area (Å²) in [5, 5.41) is 4.26. The predicted molar refractivity (Wildman–Crippen MR) is 79.6 cm³/mol. The van der Waals surface area contributed by atoms with Gasteiger partial charge in [-0.25, -0.2) is 5.43 Å². The fourth-order valence-corrected chi connectivity index (χ4v) is 1.82. The van der Waals surface area contributed by atoms with Crippen LogP contribution in [0.4, 0.5) is 0 Å². The SMILES string of the molecule is CCC/C(=N/NC(=O)c1ccncc1)c1ccccc1. The molecule has 4 heteroatoms. The van der Waals surface area contributed by atoms with E-state index >= 15 is 0 Å². The van der Waals surface area contributed by atoms with E-state index in [1.165, 1.54) is 0 Å². The van der Waals surface area contributed by atoms with Crippen LogP contribution in [0.15, 0.2) is 60.0 Å². The van der Waals surface area contributed by atoms with E-state index in [9.17, 15) is 4.79 Å². The number of hydrogen-bond donors (Lipinski definition) is 1. The van der Waals surface area contributed by atoms with Gasteiger partial charge in [-0.1, -0.05) is 43.7 Å². The molecule has 0 spiro atoms. The van der Waals surface area contributed by atoms with Gasteiger partial charge in [0.2, 0.25) is 0 Å². The van der Waals surface area contributed by atoms with Crippen LogP contribution < -0.4 is 5.43 Å². The summed E-state index contributed by atoms with van der Waals surface area (Å²) in [5.74, 6) is -0.225. The Morgan fingerprint density at radius 3 is 2.45 bits per heavy atom. The number of benzene rings is 1. The second kappa shape index (κ2) is 7.19. The summed E-state index contributed by atoms with van der Waals surface area (Å²) in [4.78, 5) is 15.8. The van der Waals surface area contributed by atoms with Gasteiger partial charge in [-0.15, -0.1) is 0 Å². The van der Waals surface area contributed by atoms with Crippen molar-refractivity contribution in [2.45, 2.75) is 19.8 Å². The lowest BCUT2D eigenvalue weighted by Gasteiger charge is -2.06. The summed E-state index contributed by atoms with van der Waals surface area (Å²) < 4.78 is 0. The molecular formula is C16H17N3O. The minimum Gasteiger partial charge on any atom is -0.267 e. The highest BCUT2D eigenvalue weighted by Crippen LogP contribution is 2.06. The third kappa shape index (κ3) is 3.75. The zero-order valence-corrected chi connectivity index (χ0v) is 11.4. The summed E-state index contributed by atoms with van der Waals surface area (Å²) in [6.07, 6.45) is 4.96. The van der Waals surface area contributed by atoms with E-state index in [2.05, 4.69) is 22.4 Å². The number of hydrogen-bond acceptors (Lipinski definition) is 3. The molecule has 0 fully saturated rings. The number of amides is 1. The number of pyridine rings is 1. The maximum atomic E-state index is 11.9. The van der Waals surface area contributed by atoms with Crippen LogP contribution in [0.1, 0.15) is 35.7 Å². The summed E-state index contributed by atoms with van der Waals surface area (Å²) >= 11 is 0. The number of nitrogens with one attached hydrogen (secondary N) is 1. The van der Waals surface area contributed by atoms with E-state index in [4.69, 9.17) is 0 Å². The van der Waals surface area contributed by atoms with Gasteiger partial charge in [-0.05, 0) is 24.1 Å². The average Bonchev–Trinajstić information content (AvgIpc) is 2.53. The van der Waals surface area contributed by atoms with Crippen molar-refractivity contribution in [3.63, 3.8) is 0 Å². The van der Waals surface area contributed by atoms with Crippen LogP contribution in [0, 0.1) is 0 Å². The smallest absolute Gasteiger partial charge is 0.267 e. The molecule has 1 amide bonds. The van der Waals surface area contributed by atoms with Crippen molar-refractivity contribution >= 4 is 11.6 Å². The van der Waals surface area contributed by atoms with Crippen molar-refractivity contribution in [2.24, 2.45) is 5.10 Å². The zero-order chi connectivity index (χ0) is 14.2. The zero-order valence-electron chi connectivity index (χ0n) is 11.4. The standard InChI is InChI=1S/C16H17N3O/c1-2-6-15(13-7-4-3-5-8-13)18-19-16(20)14-9-11-17-12-10-14/h3-5,7-12H,2,6H2,1H3,(H,19,20)/b18-15-. The quantitative estimate of drug-likeness (QED) is 0.668. The number of aromatic nitrogens is 1. The van der Waals surface area contributed by atoms with E-state index in [1.54, 1.807) is 24.5 Å². The summed E-state index contributed by atoms with van der Waals surface area (Å²) in [6.45, 7) is 2.09. The molecular weight excluding hydrogens is 250 g/mol. The largest absolute Gasteiger partial charge is 0.271 e. The van der Waals surface area contributed by atoms with Crippen molar-refractivity contribution in [2.75, 3.05) is 0 Å². The van der Waals surface area contributed by atoms with Gasteiger partial charge in [0.15, 0.2) is 0 Å². The molecule has 0 bridgehead atoms. The van der Waals surface area contributed by atoms with Crippen LogP contribution in [0.25, 0.3) is 0 Å². The number of rotatable bonds is 5. The Kier molecular flexibility index (Phi) is 5.00. The van der Waals surface area contributed by atoms with E-state index in [-0.39, 0.29) is 5.91 Å². The Labute approximate surface area is 118 Å². The van der Waals surface area contributed by atoms with E-state index < -0.39 is 0 Å². The first kappa shape index (κ1) is 13.9. The normalized spacial score (nSPS) is 11.2. The molecule has 1 aromatic heterocycles. The maximum absolute atomic E-state index is 11.9. The van der Waals surface area contributed by atoms with Crippen molar-refractivity contribution in [3.8, 4) is 0 Å². The van der Waals surface area contributed by atoms with Crippen LogP contribution in [0.5, 0.6) is 0 Å². The lowest BCUT2D eigenvalue weighted by Crippen LogP contribution is -2.20. The molecule has 0 unspecified atom stereocenters. The topological polar surface area (TPSA) is 54.4 Å². The Hall–Kier alpha value is -2.49. The van der Waals surface area contributed by atoms with Crippen molar-refractivity contribution < 1.29 is 4.79 Å². The third-order valence-electron chi connectivity index (χ3n) is 2.83. The van der Waals surface area contributed by atoms with Gasteiger partial charge >= 0.3 is 0 Å². The Morgan fingerprint density at radius 1 is 1.10 bits per heavy atom. The van der Waals surface area contributed by atoms with Gasteiger partial charge in [0.1, 0.15) is 0 Å². The van der Waals surface area contributed by atoms with Gasteiger partial charge in [-0.2, -0.15) is 5.10 Å². The van der Waals surface area contributed by atoms with E-state index in [0.29, 0.717) is 5.56 Å². The number of nitrogens with zero attached hydrogens (tertiary/aromatic N) is 2. The second-order valence-electron chi connectivity index (χ2n) is 4.35. The van der Waals surface area contributed by atoms with Crippen LogP contribution in [-0.2, 0) is 0 Å². The first-order chi connectivity index (χ1) is 9.81. The molecule has 0 aliphatic heterocycles. The van der Waals surface area contributed by atoms with Gasteiger partial charge in [0.25, 0.3) is 5.91 Å². The minimum absolute atomic E-state index is 0.225. The summed E-state index contributed by atoms with van der Waals surface area (Å²) in [5.41, 5.74) is 5.07. The fraction of sp³-hybridized carbons (Fsp3) is 0.188. The van der Waals surface area contributed by atoms with Gasteiger partial charge in [0, 0.05) is 18.0 Å². The first-order valence-corrected chi connectivity index (χ1v) is 6.63. The number of carbonyl (C=O) groups excluding carboxylic acids is 1. The molecule has 20 heavy (non-hydrogen) atoms. The van der Waals surface area contributed by atoms with E-state index in [1.807, 2.05) is 30.3 Å². The molecule has 2 aromatic rings. The summed E-state index contributed by atoms with van der Waals surface area (Å²) in [6, 6.07) is 13.2. The molecule has 0 saturated heterocycles. The van der Waals surface area contributed by atoms with Crippen LogP contribution in [0.3, 0.4) is 0 Å². The van der Waals surface area contributed by atoms with Crippen LogP contribution in [-0.4, -0.2) is 16.6 Å². The molecule has 2 rings (SSSR count). The van der Waals surface area contributed by atoms with Gasteiger partial charge in [0.05, 0.1) is 5.71 Å². The molecule has 0 aliphatic rings. The minimum atomic E-state index is -0.225. The molecule has 1 aromatic carbocycles. The molecule has 0 saturated carbocycles. The number of carbonyl (C=O) groups is 1. The van der Waals surface area contributed by atoms with Crippen LogP contribution >= 0.6 is 0 Å². The molecule has 1 heterocycles. The monoisotopic (exact) mass is 267 g/mol. The highest BCUT2D eigenvalue weighted by molar-refractivity contribution is 6.02. The predicted octanol–water partition coefficient (Wildman–Crippen LogP) is 3.02. The van der Waals surface area contributed by atoms with Gasteiger partial charge in [-0.3, -0.25) is 9.78 Å². The highest BCUT2D eigenvalue weighted by Gasteiger charge is 2.06. The third-order valence-corrected chi connectivity index (χ3v) is 2.83. The van der Waals surface area contributed by atoms with E-state index in [0.717, 1.165) is 24.1 Å². The molecule has 1 N–H and O–H groups in total. The van der Waals surface area contributed by atoms with Crippen molar-refractivity contribution in [1.82, 2.24) is 10.4 Å². The molecule has 0 radical (unpaired) electrons. The summed E-state index contributed by atoms with van der Waals surface area (Å²) in [7, 11) is 0. The second-order valence-corrected chi connectivity index (χ2v) is 4.35. The molecule has 0 aliphatic carbocycles. The lowest BCUT2D eigenvalue weighted by atomic mass is 10.1. The Morgan fingerprint density at radius 2 is 1.80 bits per heavy atom. The number of hydrazone groups is 1. The maximum Gasteiger partial charge on any atom is 0.271 e. The lowest BCUT2D eigenvalue weighted by molar-refractivity contribution is 0.0954. The van der Waals surface area contributed by atoms with Crippen LogP contribution in [0.2, 0.25) is 0 Å². The van der Waals surface area contributed by atoms with Crippen molar-refractivity contribution in [1.29, 1.82) is 0 Å². The Bertz CT molecular complexity index is 579. The first-order valence-electron chi connectivity index (χ1n) is 6.63.